The van der Waals surface area contributed by atoms with Gasteiger partial charge in [-0.3, -0.25) is 4.79 Å². The number of methoxy groups -OCH3 is 1. The van der Waals surface area contributed by atoms with E-state index >= 15 is 0 Å². The van der Waals surface area contributed by atoms with Crippen molar-refractivity contribution in [1.29, 1.82) is 0 Å². The fourth-order valence-electron chi connectivity index (χ4n) is 4.23. The number of aromatic hydroxyl groups is 1. The molecule has 5 rings (SSSR count). The molecule has 40 heavy (non-hydrogen) atoms. The van der Waals surface area contributed by atoms with Gasteiger partial charge in [0.1, 0.15) is 35.7 Å². The Morgan fingerprint density at radius 1 is 0.800 bits per heavy atom. The van der Waals surface area contributed by atoms with Gasteiger partial charge in [0, 0.05) is 23.0 Å². The van der Waals surface area contributed by atoms with E-state index < -0.39 is 5.43 Å². The summed E-state index contributed by atoms with van der Waals surface area (Å²) in [5.74, 6) is 1.28. The predicted octanol–water partition coefficient (Wildman–Crippen LogP) is 7.11. The second-order valence-electron chi connectivity index (χ2n) is 8.86. The molecule has 8 heteroatoms. The molecule has 5 aromatic rings. The number of benzene rings is 4. The molecule has 0 bridgehead atoms. The minimum Gasteiger partial charge on any atom is -0.507 e. The Balaban J connectivity index is 1.56. The van der Waals surface area contributed by atoms with Crippen LogP contribution in [0, 0.1) is 0 Å². The molecule has 1 heterocycles. The highest BCUT2D eigenvalue weighted by molar-refractivity contribution is 9.09. The zero-order valence-corrected chi connectivity index (χ0v) is 23.3. The lowest BCUT2D eigenvalue weighted by Crippen LogP contribution is -2.08. The van der Waals surface area contributed by atoms with Crippen LogP contribution in [0.1, 0.15) is 11.1 Å². The van der Waals surface area contributed by atoms with Crippen LogP contribution < -0.4 is 24.4 Å². The van der Waals surface area contributed by atoms with Crippen LogP contribution in [0.5, 0.6) is 28.7 Å². The van der Waals surface area contributed by atoms with Crippen LogP contribution >= 0.6 is 15.9 Å². The van der Waals surface area contributed by atoms with Crippen molar-refractivity contribution in [1.82, 2.24) is 0 Å². The smallest absolute Gasteiger partial charge is 0.239 e. The summed E-state index contributed by atoms with van der Waals surface area (Å²) in [5, 5.41) is 11.2. The monoisotopic (exact) mass is 602 g/mol. The average Bonchev–Trinajstić information content (AvgIpc) is 2.98. The summed E-state index contributed by atoms with van der Waals surface area (Å²) < 4.78 is 29.6. The van der Waals surface area contributed by atoms with Crippen molar-refractivity contribution in [3.8, 4) is 40.1 Å². The van der Waals surface area contributed by atoms with Crippen molar-refractivity contribution in [3.05, 3.63) is 112 Å². The lowest BCUT2D eigenvalue weighted by Gasteiger charge is -2.16. The highest BCUT2D eigenvalue weighted by Crippen LogP contribution is 2.39. The van der Waals surface area contributed by atoms with Crippen molar-refractivity contribution in [3.63, 3.8) is 0 Å². The van der Waals surface area contributed by atoms with E-state index in [1.807, 2.05) is 60.7 Å². The first kappa shape index (κ1) is 27.1. The van der Waals surface area contributed by atoms with Gasteiger partial charge in [0.05, 0.1) is 13.7 Å². The molecule has 1 N–H and O–H groups in total. The van der Waals surface area contributed by atoms with Gasteiger partial charge in [0.25, 0.3) is 0 Å². The summed E-state index contributed by atoms with van der Waals surface area (Å²) in [6.45, 7) is 1.05. The summed E-state index contributed by atoms with van der Waals surface area (Å²) in [4.78, 5) is 13.4. The zero-order valence-electron chi connectivity index (χ0n) is 21.8. The van der Waals surface area contributed by atoms with Crippen LogP contribution in [0.4, 0.5) is 0 Å². The van der Waals surface area contributed by atoms with Gasteiger partial charge in [-0.15, -0.1) is 0 Å². The second-order valence-corrected chi connectivity index (χ2v) is 9.65. The molecule has 0 radical (unpaired) electrons. The van der Waals surface area contributed by atoms with Gasteiger partial charge in [0.15, 0.2) is 17.3 Å². The van der Waals surface area contributed by atoms with Crippen molar-refractivity contribution >= 4 is 26.9 Å². The lowest BCUT2D eigenvalue weighted by molar-refractivity contribution is 0.256. The third kappa shape index (κ3) is 6.07. The molecule has 7 nitrogen and oxygen atoms in total. The molecule has 0 fully saturated rings. The summed E-state index contributed by atoms with van der Waals surface area (Å²) in [5.41, 5.74) is 2.21. The molecule has 204 valence electrons. The number of ether oxygens (including phenoxy) is 4. The molecule has 1 aromatic heterocycles. The normalized spacial score (nSPS) is 10.8. The van der Waals surface area contributed by atoms with Crippen LogP contribution in [0.15, 0.2) is 100 Å². The number of fused-ring (bicyclic) bond motifs is 1. The van der Waals surface area contributed by atoms with Gasteiger partial charge in [-0.2, -0.15) is 0 Å². The fourth-order valence-corrected chi connectivity index (χ4v) is 4.39. The van der Waals surface area contributed by atoms with Crippen LogP contribution in [-0.4, -0.2) is 24.2 Å². The van der Waals surface area contributed by atoms with E-state index in [2.05, 4.69) is 15.9 Å². The molecule has 0 amide bonds. The van der Waals surface area contributed by atoms with Gasteiger partial charge >= 0.3 is 0 Å². The summed E-state index contributed by atoms with van der Waals surface area (Å²) in [7, 11) is 1.39. The first-order valence-corrected chi connectivity index (χ1v) is 13.7. The predicted molar refractivity (Wildman–Crippen MR) is 157 cm³/mol. The van der Waals surface area contributed by atoms with E-state index in [-0.39, 0.29) is 28.2 Å². The minimum atomic E-state index is -0.501. The Morgan fingerprint density at radius 3 is 2.08 bits per heavy atom. The Labute approximate surface area is 239 Å². The molecule has 0 saturated heterocycles. The summed E-state index contributed by atoms with van der Waals surface area (Å²) in [6, 6.07) is 27.9. The molecular weight excluding hydrogens is 576 g/mol. The van der Waals surface area contributed by atoms with E-state index in [4.69, 9.17) is 23.4 Å². The molecule has 0 saturated carbocycles. The Kier molecular flexibility index (Phi) is 8.56. The summed E-state index contributed by atoms with van der Waals surface area (Å²) >= 11 is 3.31. The molecule has 0 spiro atoms. The van der Waals surface area contributed by atoms with E-state index in [0.717, 1.165) is 11.1 Å². The SMILES string of the molecule is COc1c(-c2ccc(OCc3ccccc3)c(OCc3ccccc3)c2)oc2cc(OCCBr)cc(O)c2c1=O. The van der Waals surface area contributed by atoms with Gasteiger partial charge < -0.3 is 28.5 Å². The van der Waals surface area contributed by atoms with Gasteiger partial charge in [-0.1, -0.05) is 76.6 Å². The Bertz CT molecular complexity index is 1650. The largest absolute Gasteiger partial charge is 0.507 e. The topological polar surface area (TPSA) is 87.4 Å². The van der Waals surface area contributed by atoms with Crippen molar-refractivity contribution < 1.29 is 28.5 Å². The minimum absolute atomic E-state index is 0.00941. The molecule has 0 aliphatic carbocycles. The maximum Gasteiger partial charge on any atom is 0.239 e. The zero-order chi connectivity index (χ0) is 27.9. The highest BCUT2D eigenvalue weighted by Gasteiger charge is 2.22. The summed E-state index contributed by atoms with van der Waals surface area (Å²) in [6.07, 6.45) is 0. The number of rotatable bonds is 11. The quantitative estimate of drug-likeness (QED) is 0.161. The van der Waals surface area contributed by atoms with Crippen LogP contribution in [0.2, 0.25) is 0 Å². The van der Waals surface area contributed by atoms with Gasteiger partial charge in [-0.25, -0.2) is 0 Å². The van der Waals surface area contributed by atoms with E-state index in [9.17, 15) is 9.90 Å². The number of hydrogen-bond donors (Lipinski definition) is 1. The number of alkyl halides is 1. The van der Waals surface area contributed by atoms with E-state index in [1.54, 1.807) is 24.3 Å². The van der Waals surface area contributed by atoms with Gasteiger partial charge in [-0.05, 0) is 29.3 Å². The third-order valence-electron chi connectivity index (χ3n) is 6.14. The number of phenolic OH excluding ortho intramolecular Hbond substituents is 1. The Hall–Kier alpha value is -4.43. The molecular formula is C32H27BrO7. The van der Waals surface area contributed by atoms with Crippen molar-refractivity contribution in [2.75, 3.05) is 19.0 Å². The van der Waals surface area contributed by atoms with Crippen molar-refractivity contribution in [2.45, 2.75) is 13.2 Å². The number of phenols is 1. The van der Waals surface area contributed by atoms with Crippen LogP contribution in [0.3, 0.4) is 0 Å². The van der Waals surface area contributed by atoms with Crippen LogP contribution in [-0.2, 0) is 13.2 Å². The van der Waals surface area contributed by atoms with E-state index in [0.29, 0.717) is 48.0 Å². The molecule has 0 atom stereocenters. The van der Waals surface area contributed by atoms with Crippen LogP contribution in [0.25, 0.3) is 22.3 Å². The lowest BCUT2D eigenvalue weighted by atomic mass is 10.1. The standard InChI is InChI=1S/C32H27BrO7/c1-36-32-30(35)29-25(34)17-24(37-15-14-33)18-28(29)40-31(32)23-12-13-26(38-19-21-8-4-2-5-9-21)27(16-23)39-20-22-10-6-3-7-11-22/h2-13,16-18,34H,14-15,19-20H2,1H3. The number of hydrogen-bond acceptors (Lipinski definition) is 7. The third-order valence-corrected chi connectivity index (χ3v) is 6.46. The molecule has 0 aliphatic heterocycles. The molecule has 0 aliphatic rings. The first-order chi connectivity index (χ1) is 19.6. The average molecular weight is 603 g/mol. The van der Waals surface area contributed by atoms with Gasteiger partial charge in [0.2, 0.25) is 11.2 Å². The maximum atomic E-state index is 13.4. The Morgan fingerprint density at radius 2 is 1.45 bits per heavy atom. The fraction of sp³-hybridized carbons (Fsp3) is 0.156. The molecule has 4 aromatic carbocycles. The highest BCUT2D eigenvalue weighted by atomic mass is 79.9. The first-order valence-electron chi connectivity index (χ1n) is 12.6. The van der Waals surface area contributed by atoms with Crippen molar-refractivity contribution in [2.24, 2.45) is 0 Å². The van der Waals surface area contributed by atoms with E-state index in [1.165, 1.54) is 13.2 Å². The molecule has 0 unspecified atom stereocenters. The maximum absolute atomic E-state index is 13.4. The second kappa shape index (κ2) is 12.6. The number of halogens is 1.